The maximum absolute atomic E-state index is 12.3. The summed E-state index contributed by atoms with van der Waals surface area (Å²) < 4.78 is 0. The van der Waals surface area contributed by atoms with Crippen molar-refractivity contribution in [1.29, 1.82) is 0 Å². The fourth-order valence-corrected chi connectivity index (χ4v) is 3.36. The molecule has 2 amide bonds. The first-order valence-corrected chi connectivity index (χ1v) is 6.60. The lowest BCUT2D eigenvalue weighted by atomic mass is 9.67. The van der Waals surface area contributed by atoms with Gasteiger partial charge in [-0.1, -0.05) is 0 Å². The molecule has 0 aromatic carbocycles. The van der Waals surface area contributed by atoms with E-state index >= 15 is 0 Å². The Labute approximate surface area is 115 Å². The first kappa shape index (κ1) is 14.5. The molecule has 7 heteroatoms. The summed E-state index contributed by atoms with van der Waals surface area (Å²) >= 11 is 0. The lowest BCUT2D eigenvalue weighted by Crippen LogP contribution is -2.42. The first-order valence-electron chi connectivity index (χ1n) is 6.60. The van der Waals surface area contributed by atoms with E-state index < -0.39 is 53.5 Å². The predicted octanol–water partition coefficient (Wildman–Crippen LogP) is 0.191. The van der Waals surface area contributed by atoms with Crippen molar-refractivity contribution in [1.82, 2.24) is 4.90 Å². The minimum atomic E-state index is -1.14. The van der Waals surface area contributed by atoms with Crippen molar-refractivity contribution in [3.63, 3.8) is 0 Å². The second kappa shape index (κ2) is 4.88. The summed E-state index contributed by atoms with van der Waals surface area (Å²) in [5.41, 5.74) is 0. The van der Waals surface area contributed by atoms with Crippen LogP contribution in [0.2, 0.25) is 0 Å². The molecule has 2 rings (SSSR count). The molecule has 0 spiro atoms. The maximum atomic E-state index is 12.3. The van der Waals surface area contributed by atoms with Crippen molar-refractivity contribution in [2.75, 3.05) is 0 Å². The zero-order valence-corrected chi connectivity index (χ0v) is 11.3. The van der Waals surface area contributed by atoms with Crippen LogP contribution in [0.4, 0.5) is 0 Å². The van der Waals surface area contributed by atoms with Gasteiger partial charge in [0.25, 0.3) is 0 Å². The number of imide groups is 1. The fraction of sp³-hybridized carbons (Fsp3) is 0.692. The van der Waals surface area contributed by atoms with Crippen LogP contribution in [0, 0.1) is 23.7 Å². The number of fused-ring (bicyclic) bond motifs is 1. The Morgan fingerprint density at radius 1 is 1.00 bits per heavy atom. The normalized spacial score (nSPS) is 33.5. The molecule has 7 nitrogen and oxygen atoms in total. The number of amides is 2. The lowest BCUT2D eigenvalue weighted by Gasteiger charge is -2.31. The monoisotopic (exact) mass is 283 g/mol. The van der Waals surface area contributed by atoms with E-state index in [4.69, 9.17) is 0 Å². The number of hydrogen-bond donors (Lipinski definition) is 2. The molecule has 0 bridgehead atoms. The van der Waals surface area contributed by atoms with Crippen molar-refractivity contribution in [3.05, 3.63) is 0 Å². The number of hydrogen-bond acceptors (Lipinski definition) is 4. The number of nitrogens with zero attached hydrogens (tertiary/aromatic N) is 1. The molecule has 2 N–H and O–H groups in total. The highest BCUT2D eigenvalue weighted by Crippen LogP contribution is 2.45. The van der Waals surface area contributed by atoms with Crippen LogP contribution >= 0.6 is 0 Å². The Hall–Kier alpha value is -1.92. The third-order valence-electron chi connectivity index (χ3n) is 4.24. The Morgan fingerprint density at radius 3 is 1.60 bits per heavy atom. The van der Waals surface area contributed by atoms with E-state index in [1.165, 1.54) is 0 Å². The molecule has 110 valence electrons. The quantitative estimate of drug-likeness (QED) is 0.715. The largest absolute Gasteiger partial charge is 0.481 e. The van der Waals surface area contributed by atoms with Gasteiger partial charge in [-0.15, -0.1) is 0 Å². The van der Waals surface area contributed by atoms with Gasteiger partial charge in [0.2, 0.25) is 11.8 Å². The van der Waals surface area contributed by atoms with Crippen LogP contribution in [0.15, 0.2) is 0 Å². The second-order valence-corrected chi connectivity index (χ2v) is 5.66. The number of carbonyl (C=O) groups is 4. The van der Waals surface area contributed by atoms with E-state index in [0.717, 1.165) is 4.90 Å². The molecular formula is C13H17NO6. The van der Waals surface area contributed by atoms with Gasteiger partial charge in [0, 0.05) is 6.04 Å². The number of carboxylic acids is 2. The molecule has 2 aliphatic rings. The smallest absolute Gasteiger partial charge is 0.307 e. The lowest BCUT2D eigenvalue weighted by molar-refractivity contribution is -0.157. The molecule has 0 aromatic heterocycles. The van der Waals surface area contributed by atoms with Crippen LogP contribution in [0.25, 0.3) is 0 Å². The van der Waals surface area contributed by atoms with Crippen LogP contribution in [0.5, 0.6) is 0 Å². The SMILES string of the molecule is CC(C)N1C(=O)C2C(C(=O)O)CCC(C(=O)O)C2C1=O. The number of likely N-dealkylation sites (tertiary alicyclic amines) is 1. The summed E-state index contributed by atoms with van der Waals surface area (Å²) in [6.07, 6.45) is 0.219. The molecule has 4 unspecified atom stereocenters. The van der Waals surface area contributed by atoms with E-state index in [-0.39, 0.29) is 12.8 Å². The van der Waals surface area contributed by atoms with E-state index in [9.17, 15) is 29.4 Å². The van der Waals surface area contributed by atoms with Gasteiger partial charge in [0.15, 0.2) is 0 Å². The van der Waals surface area contributed by atoms with Crippen LogP contribution in [0.3, 0.4) is 0 Å². The molecule has 1 aliphatic carbocycles. The van der Waals surface area contributed by atoms with E-state index in [2.05, 4.69) is 0 Å². The van der Waals surface area contributed by atoms with E-state index in [0.29, 0.717) is 0 Å². The Balaban J connectivity index is 2.45. The summed E-state index contributed by atoms with van der Waals surface area (Å²) in [5.74, 6) is -7.42. The summed E-state index contributed by atoms with van der Waals surface area (Å²) in [4.78, 5) is 48.2. The summed E-state index contributed by atoms with van der Waals surface area (Å²) in [6, 6.07) is -0.399. The Morgan fingerprint density at radius 2 is 1.35 bits per heavy atom. The van der Waals surface area contributed by atoms with Crippen LogP contribution in [-0.4, -0.2) is 44.9 Å². The fourth-order valence-electron chi connectivity index (χ4n) is 3.36. The number of carbonyl (C=O) groups excluding carboxylic acids is 2. The topological polar surface area (TPSA) is 112 Å². The van der Waals surface area contributed by atoms with E-state index in [1.54, 1.807) is 13.8 Å². The van der Waals surface area contributed by atoms with Gasteiger partial charge in [-0.2, -0.15) is 0 Å². The van der Waals surface area contributed by atoms with Crippen LogP contribution in [-0.2, 0) is 19.2 Å². The number of rotatable bonds is 3. The predicted molar refractivity (Wildman–Crippen MR) is 65.5 cm³/mol. The van der Waals surface area contributed by atoms with Crippen LogP contribution < -0.4 is 0 Å². The summed E-state index contributed by atoms with van der Waals surface area (Å²) in [5, 5.41) is 18.4. The summed E-state index contributed by atoms with van der Waals surface area (Å²) in [7, 11) is 0. The molecule has 0 radical (unpaired) electrons. The Bertz CT molecular complexity index is 445. The maximum Gasteiger partial charge on any atom is 0.307 e. The van der Waals surface area contributed by atoms with Crippen molar-refractivity contribution in [2.24, 2.45) is 23.7 Å². The standard InChI is InChI=1S/C13H17NO6/c1-5(2)14-10(15)8-6(12(17)18)3-4-7(13(19)20)9(8)11(14)16/h5-9H,3-4H2,1-2H3,(H,17,18)(H,19,20). The highest BCUT2D eigenvalue weighted by molar-refractivity contribution is 6.08. The van der Waals surface area contributed by atoms with Gasteiger partial charge in [0.1, 0.15) is 0 Å². The average Bonchev–Trinajstić information content (AvgIpc) is 2.61. The minimum Gasteiger partial charge on any atom is -0.481 e. The van der Waals surface area contributed by atoms with Crippen molar-refractivity contribution >= 4 is 23.8 Å². The molecule has 4 atom stereocenters. The van der Waals surface area contributed by atoms with Gasteiger partial charge < -0.3 is 10.2 Å². The molecule has 1 heterocycles. The molecule has 2 fully saturated rings. The highest BCUT2D eigenvalue weighted by Gasteiger charge is 2.59. The van der Waals surface area contributed by atoms with Gasteiger partial charge in [-0.05, 0) is 26.7 Å². The highest BCUT2D eigenvalue weighted by atomic mass is 16.4. The van der Waals surface area contributed by atoms with Crippen LogP contribution in [0.1, 0.15) is 26.7 Å². The molecule has 1 aliphatic heterocycles. The van der Waals surface area contributed by atoms with Crippen molar-refractivity contribution < 1.29 is 29.4 Å². The number of carboxylic acid groups (broad SMARTS) is 2. The van der Waals surface area contributed by atoms with Gasteiger partial charge in [-0.3, -0.25) is 24.1 Å². The average molecular weight is 283 g/mol. The van der Waals surface area contributed by atoms with E-state index in [1.807, 2.05) is 0 Å². The first-order chi connectivity index (χ1) is 9.27. The third-order valence-corrected chi connectivity index (χ3v) is 4.24. The zero-order chi connectivity index (χ0) is 15.2. The zero-order valence-electron chi connectivity index (χ0n) is 11.3. The summed E-state index contributed by atoms with van der Waals surface area (Å²) in [6.45, 7) is 3.30. The molecular weight excluding hydrogens is 266 g/mol. The third kappa shape index (κ3) is 1.97. The molecule has 1 saturated carbocycles. The molecule has 0 aromatic rings. The molecule has 20 heavy (non-hydrogen) atoms. The minimum absolute atomic E-state index is 0.110. The van der Waals surface area contributed by atoms with Crippen molar-refractivity contribution in [2.45, 2.75) is 32.7 Å². The second-order valence-electron chi connectivity index (χ2n) is 5.66. The Kier molecular flexibility index (Phi) is 3.54. The number of aliphatic carboxylic acids is 2. The van der Waals surface area contributed by atoms with Gasteiger partial charge in [-0.25, -0.2) is 0 Å². The van der Waals surface area contributed by atoms with Gasteiger partial charge in [0.05, 0.1) is 23.7 Å². The van der Waals surface area contributed by atoms with Gasteiger partial charge >= 0.3 is 11.9 Å². The van der Waals surface area contributed by atoms with Crippen molar-refractivity contribution in [3.8, 4) is 0 Å². The molecule has 1 saturated heterocycles.